The van der Waals surface area contributed by atoms with Gasteiger partial charge in [-0.15, -0.1) is 0 Å². The number of hydrogen-bond acceptors (Lipinski definition) is 5. The molecule has 0 aliphatic carbocycles. The van der Waals surface area contributed by atoms with E-state index in [0.29, 0.717) is 10.7 Å². The van der Waals surface area contributed by atoms with Crippen LogP contribution in [0.1, 0.15) is 22.5 Å². The molecular weight excluding hydrogens is 474 g/mol. The van der Waals surface area contributed by atoms with Gasteiger partial charge in [-0.3, -0.25) is 29.7 Å². The fourth-order valence-electron chi connectivity index (χ4n) is 3.45. The first kappa shape index (κ1) is 23.3. The van der Waals surface area contributed by atoms with E-state index >= 15 is 0 Å². The summed E-state index contributed by atoms with van der Waals surface area (Å²) in [6.07, 6.45) is 1.26. The van der Waals surface area contributed by atoms with Crippen LogP contribution in [0, 0.1) is 0 Å². The fraction of sp³-hybridized carbons (Fsp3) is 0.125. The third-order valence-corrected chi connectivity index (χ3v) is 5.78. The van der Waals surface area contributed by atoms with Crippen LogP contribution in [0.5, 0.6) is 0 Å². The predicted octanol–water partition coefficient (Wildman–Crippen LogP) is 3.41. The normalized spacial score (nSPS) is 15.4. The summed E-state index contributed by atoms with van der Waals surface area (Å²) in [5, 5.41) is 4.64. The van der Waals surface area contributed by atoms with Crippen LogP contribution in [0.25, 0.3) is 0 Å². The van der Waals surface area contributed by atoms with Gasteiger partial charge < -0.3 is 5.32 Å². The number of thiocarbonyl (C=S) groups is 1. The predicted molar refractivity (Wildman–Crippen MR) is 132 cm³/mol. The Morgan fingerprint density at radius 3 is 2.38 bits per heavy atom. The van der Waals surface area contributed by atoms with E-state index in [1.807, 2.05) is 30.3 Å². The molecule has 1 aliphatic rings. The number of hydrazine groups is 1. The summed E-state index contributed by atoms with van der Waals surface area (Å²) in [4.78, 5) is 44.2. The molecule has 3 amide bonds. The van der Waals surface area contributed by atoms with E-state index in [4.69, 9.17) is 23.8 Å². The third-order valence-electron chi connectivity index (χ3n) is 5.11. The van der Waals surface area contributed by atoms with Gasteiger partial charge in [0.25, 0.3) is 11.8 Å². The van der Waals surface area contributed by atoms with Crippen LogP contribution < -0.4 is 10.7 Å². The summed E-state index contributed by atoms with van der Waals surface area (Å²) < 4.78 is 0. The highest BCUT2D eigenvalue weighted by molar-refractivity contribution is 7.80. The van der Waals surface area contributed by atoms with Gasteiger partial charge in [0.05, 0.1) is 13.0 Å². The zero-order chi connectivity index (χ0) is 24.1. The summed E-state index contributed by atoms with van der Waals surface area (Å²) >= 11 is 11.4. The van der Waals surface area contributed by atoms with Crippen LogP contribution in [0.2, 0.25) is 5.02 Å². The van der Waals surface area contributed by atoms with Crippen molar-refractivity contribution >= 4 is 52.3 Å². The van der Waals surface area contributed by atoms with E-state index in [0.717, 1.165) is 5.56 Å². The van der Waals surface area contributed by atoms with E-state index in [9.17, 15) is 14.4 Å². The first-order valence-corrected chi connectivity index (χ1v) is 11.2. The van der Waals surface area contributed by atoms with Crippen molar-refractivity contribution in [3.8, 4) is 0 Å². The van der Waals surface area contributed by atoms with Crippen molar-refractivity contribution in [1.29, 1.82) is 0 Å². The first-order valence-electron chi connectivity index (χ1n) is 10.4. The molecule has 0 bridgehead atoms. The Balaban J connectivity index is 1.55. The molecule has 1 atom stereocenters. The smallest absolute Gasteiger partial charge is 0.288 e. The SMILES string of the molecule is O=C(CC1C(=O)N(Cc2ccccc2)C(=S)N1NC(=O)c1ccccn1)Nc1ccc(Cl)cc1. The lowest BCUT2D eigenvalue weighted by atomic mass is 10.1. The second-order valence-corrected chi connectivity index (χ2v) is 8.30. The van der Waals surface area contributed by atoms with E-state index < -0.39 is 17.9 Å². The highest BCUT2D eigenvalue weighted by Crippen LogP contribution is 2.23. The Labute approximate surface area is 206 Å². The Kier molecular flexibility index (Phi) is 7.15. The van der Waals surface area contributed by atoms with Crippen molar-refractivity contribution in [2.24, 2.45) is 0 Å². The molecule has 1 aliphatic heterocycles. The van der Waals surface area contributed by atoms with Gasteiger partial charge in [0.2, 0.25) is 5.91 Å². The van der Waals surface area contributed by atoms with Crippen molar-refractivity contribution in [1.82, 2.24) is 20.3 Å². The molecule has 0 spiro atoms. The van der Waals surface area contributed by atoms with Crippen LogP contribution in [0.15, 0.2) is 79.0 Å². The minimum absolute atomic E-state index is 0.0995. The quantitative estimate of drug-likeness (QED) is 0.490. The molecule has 4 rings (SSSR count). The van der Waals surface area contributed by atoms with Gasteiger partial charge in [-0.2, -0.15) is 0 Å². The second-order valence-electron chi connectivity index (χ2n) is 7.49. The second kappa shape index (κ2) is 10.4. The van der Waals surface area contributed by atoms with Gasteiger partial charge in [-0.1, -0.05) is 48.0 Å². The van der Waals surface area contributed by atoms with Crippen molar-refractivity contribution in [2.45, 2.75) is 19.0 Å². The summed E-state index contributed by atoms with van der Waals surface area (Å²) in [6.45, 7) is 0.212. The zero-order valence-electron chi connectivity index (χ0n) is 17.8. The van der Waals surface area contributed by atoms with Crippen LogP contribution in [-0.2, 0) is 16.1 Å². The number of benzene rings is 2. The highest BCUT2D eigenvalue weighted by atomic mass is 35.5. The molecule has 2 aromatic carbocycles. The monoisotopic (exact) mass is 493 g/mol. The lowest BCUT2D eigenvalue weighted by molar-refractivity contribution is -0.131. The Morgan fingerprint density at radius 1 is 1.00 bits per heavy atom. The van der Waals surface area contributed by atoms with E-state index in [-0.39, 0.29) is 29.7 Å². The van der Waals surface area contributed by atoms with Crippen molar-refractivity contribution < 1.29 is 14.4 Å². The molecule has 172 valence electrons. The van der Waals surface area contributed by atoms with Gasteiger partial charge in [0.15, 0.2) is 5.11 Å². The van der Waals surface area contributed by atoms with Crippen molar-refractivity contribution in [3.05, 3.63) is 95.3 Å². The van der Waals surface area contributed by atoms with E-state index in [1.54, 1.807) is 42.5 Å². The number of rotatable bonds is 7. The largest absolute Gasteiger partial charge is 0.326 e. The number of anilines is 1. The molecule has 2 N–H and O–H groups in total. The summed E-state index contributed by atoms with van der Waals surface area (Å²) in [7, 11) is 0. The lowest BCUT2D eigenvalue weighted by Crippen LogP contribution is -2.49. The number of amides is 3. The Morgan fingerprint density at radius 2 is 1.71 bits per heavy atom. The van der Waals surface area contributed by atoms with Crippen LogP contribution >= 0.6 is 23.8 Å². The molecule has 1 aromatic heterocycles. The standard InChI is InChI=1S/C24H20ClN5O3S/c25-17-9-11-18(12-10-17)27-21(31)14-20-23(33)29(15-16-6-2-1-3-7-16)24(34)30(20)28-22(32)19-8-4-5-13-26-19/h1-13,20H,14-15H2,(H,27,31)(H,28,32). The van der Waals surface area contributed by atoms with Crippen molar-refractivity contribution in [2.75, 3.05) is 5.32 Å². The number of aromatic nitrogens is 1. The maximum atomic E-state index is 13.3. The summed E-state index contributed by atoms with van der Waals surface area (Å²) in [5.41, 5.74) is 4.20. The number of hydrogen-bond donors (Lipinski definition) is 2. The number of carbonyl (C=O) groups excluding carboxylic acids is 3. The van der Waals surface area contributed by atoms with Gasteiger partial charge in [-0.25, -0.2) is 5.01 Å². The molecular formula is C24H20ClN5O3S. The molecule has 2 heterocycles. The zero-order valence-corrected chi connectivity index (χ0v) is 19.4. The minimum Gasteiger partial charge on any atom is -0.326 e. The van der Waals surface area contributed by atoms with Gasteiger partial charge in [0.1, 0.15) is 11.7 Å². The fourth-order valence-corrected chi connectivity index (χ4v) is 3.90. The van der Waals surface area contributed by atoms with Crippen LogP contribution in [-0.4, -0.2) is 43.8 Å². The molecule has 0 saturated carbocycles. The average Bonchev–Trinajstić information content (AvgIpc) is 3.06. The van der Waals surface area contributed by atoms with Gasteiger partial charge >= 0.3 is 0 Å². The van der Waals surface area contributed by atoms with Gasteiger partial charge in [0, 0.05) is 16.9 Å². The molecule has 1 unspecified atom stereocenters. The van der Waals surface area contributed by atoms with Crippen molar-refractivity contribution in [3.63, 3.8) is 0 Å². The van der Waals surface area contributed by atoms with E-state index in [1.165, 1.54) is 16.1 Å². The molecule has 1 fully saturated rings. The number of halogens is 1. The maximum Gasteiger partial charge on any atom is 0.288 e. The lowest BCUT2D eigenvalue weighted by Gasteiger charge is -2.24. The average molecular weight is 494 g/mol. The number of carbonyl (C=O) groups is 3. The summed E-state index contributed by atoms with van der Waals surface area (Å²) in [6, 6.07) is 19.8. The minimum atomic E-state index is -1.02. The maximum absolute atomic E-state index is 13.3. The van der Waals surface area contributed by atoms with E-state index in [2.05, 4.69) is 15.7 Å². The molecule has 0 radical (unpaired) electrons. The third kappa shape index (κ3) is 5.38. The molecule has 10 heteroatoms. The first-order chi connectivity index (χ1) is 16.4. The highest BCUT2D eigenvalue weighted by Gasteiger charge is 2.44. The summed E-state index contributed by atoms with van der Waals surface area (Å²) in [5.74, 6) is -1.34. The molecule has 1 saturated heterocycles. The molecule has 8 nitrogen and oxygen atoms in total. The topological polar surface area (TPSA) is 94.6 Å². The number of nitrogens with zero attached hydrogens (tertiary/aromatic N) is 3. The molecule has 3 aromatic rings. The number of pyridine rings is 1. The van der Waals surface area contributed by atoms with Gasteiger partial charge in [-0.05, 0) is 54.2 Å². The number of nitrogens with one attached hydrogen (secondary N) is 2. The Hall–Kier alpha value is -3.82. The van der Waals surface area contributed by atoms with Crippen LogP contribution in [0.3, 0.4) is 0 Å². The van der Waals surface area contributed by atoms with Crippen LogP contribution in [0.4, 0.5) is 5.69 Å². The molecule has 34 heavy (non-hydrogen) atoms. The Bertz CT molecular complexity index is 1210.